The molecule has 5 heterocycles. The second kappa shape index (κ2) is 13.8. The predicted octanol–water partition coefficient (Wildman–Crippen LogP) is 18.1. The summed E-state index contributed by atoms with van der Waals surface area (Å²) in [4.78, 5) is 30.3. The zero-order valence-corrected chi connectivity index (χ0v) is 48.6. The van der Waals surface area contributed by atoms with E-state index in [1.165, 1.54) is 144 Å². The van der Waals surface area contributed by atoms with Gasteiger partial charge in [0.1, 0.15) is 11.5 Å². The number of ketones is 2. The number of fused-ring (bicyclic) bond motifs is 33. The summed E-state index contributed by atoms with van der Waals surface area (Å²) in [6.07, 6.45) is 12.2. The van der Waals surface area contributed by atoms with Gasteiger partial charge in [-0.05, 0) is 221 Å². The summed E-state index contributed by atoms with van der Waals surface area (Å²) in [7, 11) is 0. The molecule has 2 spiro atoms. The Kier molecular flexibility index (Phi) is 7.37. The number of nitrogens with zero attached hydrogens (tertiary/aromatic N) is 4. The number of hydrogen-bond donors (Lipinski definition) is 0. The molecule has 5 saturated carbocycles. The van der Waals surface area contributed by atoms with Crippen LogP contribution >= 0.6 is 0 Å². The van der Waals surface area contributed by atoms with Crippen molar-refractivity contribution in [1.82, 2.24) is 8.80 Å². The summed E-state index contributed by atoms with van der Waals surface area (Å²) in [6, 6.07) is 41.5. The van der Waals surface area contributed by atoms with E-state index in [1.54, 1.807) is 0 Å². The van der Waals surface area contributed by atoms with Gasteiger partial charge in [0.15, 0.2) is 11.6 Å². The van der Waals surface area contributed by atoms with Gasteiger partial charge in [-0.15, -0.1) is 0 Å². The van der Waals surface area contributed by atoms with Gasteiger partial charge in [-0.1, -0.05) is 82.3 Å². The highest BCUT2D eigenvalue weighted by molar-refractivity contribution is 6.33. The Bertz CT molecular complexity index is 5530. The summed E-state index contributed by atoms with van der Waals surface area (Å²) in [6.45, 7) is 8.62. The molecule has 1 aliphatic heterocycles. The normalized spacial score (nSPS) is 28.6. The quantitative estimate of drug-likeness (QED) is 0.151. The fourth-order valence-corrected chi connectivity index (χ4v) is 24.0. The maximum absolute atomic E-state index is 15.5. The number of hydrogen-bond acceptors (Lipinski definition) is 5. The lowest BCUT2D eigenvalue weighted by molar-refractivity contribution is -0.146. The fraction of sp³-hybridized carbons (Fsp3) is 0.342. The predicted molar refractivity (Wildman–Crippen MR) is 335 cm³/mol. The summed E-state index contributed by atoms with van der Waals surface area (Å²) in [5.41, 5.74) is 23.5. The van der Waals surface area contributed by atoms with Crippen LogP contribution in [0.4, 0.5) is 0 Å². The van der Waals surface area contributed by atoms with Crippen molar-refractivity contribution in [2.45, 2.75) is 127 Å². The molecule has 7 nitrogen and oxygen atoms in total. The fourth-order valence-electron chi connectivity index (χ4n) is 24.0. The number of carbonyl (C=O) groups is 2. The Morgan fingerprint density at radius 2 is 1.15 bits per heavy atom. The molecule has 412 valence electrons. The summed E-state index contributed by atoms with van der Waals surface area (Å²) >= 11 is 0. The molecular weight excluding hydrogens is 1050 g/mol. The van der Waals surface area contributed by atoms with Crippen LogP contribution < -0.4 is 4.74 Å². The zero-order valence-electron chi connectivity index (χ0n) is 48.6. The SMILES string of the molecule is CC1(C)Cc2c(ccc3c4c5c(cc6c7c8c(c(C#N)cc7n(c23)c64)C2CC3CC(C2)CC8C3)-c2cc3c4c6c(c7c(c4n4c8cc(C#N)ccc8c(c2C52c5ccccc5Oc5ccccc52)c34)CC(C)(C)C7=O)C2CC3CC4CC6C34C2)C1=O. The first-order valence-electron chi connectivity index (χ1n) is 32.4. The molecule has 7 unspecified atom stereocenters. The van der Waals surface area contributed by atoms with Crippen molar-refractivity contribution in [3.05, 3.63) is 175 Å². The van der Waals surface area contributed by atoms with E-state index < -0.39 is 16.2 Å². The first kappa shape index (κ1) is 45.8. The Hall–Kier alpha value is -8.52. The molecule has 0 radical (unpaired) electrons. The van der Waals surface area contributed by atoms with Crippen LogP contribution in [0.25, 0.3) is 87.3 Å². The van der Waals surface area contributed by atoms with Gasteiger partial charge in [-0.2, -0.15) is 10.5 Å². The third-order valence-corrected chi connectivity index (χ3v) is 26.5. The lowest BCUT2D eigenvalue weighted by atomic mass is 9.36. The van der Waals surface area contributed by atoms with Crippen molar-refractivity contribution in [2.75, 3.05) is 0 Å². The molecule has 5 fully saturated rings. The van der Waals surface area contributed by atoms with E-state index in [-0.39, 0.29) is 5.78 Å². The van der Waals surface area contributed by atoms with Crippen molar-refractivity contribution >= 4 is 87.8 Å². The number of para-hydroxylation sites is 2. The number of benzene rings is 8. The Labute approximate surface area is 495 Å². The Morgan fingerprint density at radius 1 is 0.512 bits per heavy atom. The Balaban J connectivity index is 0.986. The molecule has 86 heavy (non-hydrogen) atoms. The van der Waals surface area contributed by atoms with Gasteiger partial charge in [0.2, 0.25) is 0 Å². The number of nitriles is 2. The summed E-state index contributed by atoms with van der Waals surface area (Å²) in [5.74, 6) is 6.51. The minimum absolute atomic E-state index is 0.194. The number of carbonyl (C=O) groups excluding carboxylic acids is 2. The van der Waals surface area contributed by atoms with Crippen LogP contribution in [0.15, 0.2) is 97.1 Å². The largest absolute Gasteiger partial charge is 0.457 e. The number of ether oxygens (including phenoxy) is 1. The summed E-state index contributed by atoms with van der Waals surface area (Å²) in [5, 5.41) is 32.3. The van der Waals surface area contributed by atoms with E-state index in [0.29, 0.717) is 65.1 Å². The standard InChI is InChI=1S/C79H58N4O3/c1-76(2)30-50-43(74(76)84)15-16-45-66-69-46(27-48-62-56(83(70(45)50)71(48)66)24-40(33-81)59-37-18-35-17-36(19-37)21-38(20-35)60(59)62)47-28-49-63-67-54-26-42-25-41-23-39(29-78(41,42)54)61(67)64-51(31-77(3,4)75(64)85)73(63)82-55-22-34(32-80)13-14-44(55)65(72(49)82)68(47)79(69)52-9-5-7-11-57(52)86-58-12-8-6-10-53(58)79/h5-16,22,24,27-28,35-39,41-42,54H,17-21,23,25-26,29-31H2,1-4H3. The lowest BCUT2D eigenvalue weighted by Crippen LogP contribution is -2.59. The molecule has 0 amide bonds. The second-order valence-corrected chi connectivity index (χ2v) is 30.9. The van der Waals surface area contributed by atoms with Gasteiger partial charge in [-0.25, -0.2) is 0 Å². The van der Waals surface area contributed by atoms with Crippen LogP contribution in [0.2, 0.25) is 0 Å². The first-order chi connectivity index (χ1) is 41.8. The minimum Gasteiger partial charge on any atom is -0.457 e. The second-order valence-electron chi connectivity index (χ2n) is 30.9. The zero-order chi connectivity index (χ0) is 56.6. The molecule has 12 aromatic rings. The molecule has 6 bridgehead atoms. The molecule has 7 heteroatoms. The van der Waals surface area contributed by atoms with Crippen molar-refractivity contribution in [3.8, 4) is 34.8 Å². The molecule has 24 rings (SSSR count). The van der Waals surface area contributed by atoms with Gasteiger partial charge >= 0.3 is 0 Å². The monoisotopic (exact) mass is 1110 g/mol. The van der Waals surface area contributed by atoms with Crippen LogP contribution in [-0.2, 0) is 18.3 Å². The molecule has 7 atom stereocenters. The highest BCUT2D eigenvalue weighted by Crippen LogP contribution is 2.83. The van der Waals surface area contributed by atoms with E-state index in [9.17, 15) is 15.3 Å². The Morgan fingerprint density at radius 3 is 1.86 bits per heavy atom. The highest BCUT2D eigenvalue weighted by Gasteiger charge is 2.73. The van der Waals surface area contributed by atoms with E-state index >= 15 is 4.79 Å². The molecule has 4 aromatic heterocycles. The third kappa shape index (κ3) is 4.52. The van der Waals surface area contributed by atoms with Crippen LogP contribution in [0, 0.1) is 62.6 Å². The van der Waals surface area contributed by atoms with Crippen molar-refractivity contribution in [3.63, 3.8) is 0 Å². The van der Waals surface area contributed by atoms with Crippen LogP contribution in [0.5, 0.6) is 11.5 Å². The van der Waals surface area contributed by atoms with E-state index in [1.807, 2.05) is 6.07 Å². The summed E-state index contributed by atoms with van der Waals surface area (Å²) < 4.78 is 12.4. The third-order valence-electron chi connectivity index (χ3n) is 26.5. The molecule has 0 saturated heterocycles. The number of aromatic nitrogens is 2. The van der Waals surface area contributed by atoms with Gasteiger partial charge in [0.05, 0.1) is 61.8 Å². The first-order valence-corrected chi connectivity index (χ1v) is 32.4. The maximum atomic E-state index is 15.5. The average Bonchev–Trinajstić information content (AvgIpc) is 1.44. The number of Topliss-reactive ketones (excluding diaryl/α,β-unsaturated/α-hetero) is 2. The van der Waals surface area contributed by atoms with Crippen LogP contribution in [0.1, 0.15) is 197 Å². The smallest absolute Gasteiger partial charge is 0.169 e. The van der Waals surface area contributed by atoms with Crippen molar-refractivity contribution in [2.24, 2.45) is 39.9 Å². The minimum atomic E-state index is -0.943. The molecule has 8 aromatic carbocycles. The van der Waals surface area contributed by atoms with Crippen molar-refractivity contribution < 1.29 is 14.3 Å². The van der Waals surface area contributed by atoms with Gasteiger partial charge < -0.3 is 13.5 Å². The van der Waals surface area contributed by atoms with Crippen LogP contribution in [-0.4, -0.2) is 20.4 Å². The number of rotatable bonds is 0. The lowest BCUT2D eigenvalue weighted by Gasteiger charge is -2.68. The van der Waals surface area contributed by atoms with Gasteiger partial charge in [0.25, 0.3) is 0 Å². The van der Waals surface area contributed by atoms with E-state index in [4.69, 9.17) is 4.74 Å². The molecule has 12 aliphatic rings. The topological polar surface area (TPSA) is 99.8 Å². The molecular formula is C79H58N4O3. The molecule has 0 N–H and O–H groups in total. The highest BCUT2D eigenvalue weighted by atomic mass is 16.5. The van der Waals surface area contributed by atoms with Crippen molar-refractivity contribution in [1.29, 1.82) is 10.5 Å². The van der Waals surface area contributed by atoms with Crippen LogP contribution in [0.3, 0.4) is 0 Å². The maximum Gasteiger partial charge on any atom is 0.169 e. The molecule has 11 aliphatic carbocycles. The van der Waals surface area contributed by atoms with Gasteiger partial charge in [-0.3, -0.25) is 9.59 Å². The average molecular weight is 1110 g/mol. The van der Waals surface area contributed by atoms with E-state index in [0.717, 1.165) is 96.9 Å². The van der Waals surface area contributed by atoms with Gasteiger partial charge in [0, 0.05) is 76.2 Å². The van der Waals surface area contributed by atoms with E-state index in [2.05, 4.69) is 140 Å².